The Balaban J connectivity index is 2.07. The highest BCUT2D eigenvalue weighted by Gasteiger charge is 2.25. The van der Waals surface area contributed by atoms with Crippen molar-refractivity contribution in [2.75, 3.05) is 19.6 Å². The van der Waals surface area contributed by atoms with E-state index in [4.69, 9.17) is 11.6 Å². The van der Waals surface area contributed by atoms with Crippen LogP contribution in [0.15, 0.2) is 12.3 Å². The lowest BCUT2D eigenvalue weighted by Crippen LogP contribution is -2.44. The third-order valence-corrected chi connectivity index (χ3v) is 3.87. The fourth-order valence-electron chi connectivity index (χ4n) is 2.41. The molecular weight excluding hydrogens is 296 g/mol. The highest BCUT2D eigenvalue weighted by atomic mass is 35.5. The Bertz CT molecular complexity index is 544. The van der Waals surface area contributed by atoms with Gasteiger partial charge in [0.2, 0.25) is 0 Å². The van der Waals surface area contributed by atoms with E-state index in [2.05, 4.69) is 22.1 Å². The Kier molecular flexibility index (Phi) is 5.08. The van der Waals surface area contributed by atoms with Crippen molar-refractivity contribution in [1.82, 2.24) is 15.2 Å². The van der Waals surface area contributed by atoms with Gasteiger partial charge in [-0.1, -0.05) is 18.5 Å². The molecule has 0 aromatic carbocycles. The van der Waals surface area contributed by atoms with Gasteiger partial charge in [-0.05, 0) is 25.5 Å². The first-order valence-electron chi connectivity index (χ1n) is 6.84. The molecule has 0 atom stereocenters. The molecule has 0 radical (unpaired) electrons. The van der Waals surface area contributed by atoms with Gasteiger partial charge in [0.05, 0.1) is 4.92 Å². The monoisotopic (exact) mass is 312 g/mol. The van der Waals surface area contributed by atoms with Gasteiger partial charge in [-0.25, -0.2) is 4.98 Å². The van der Waals surface area contributed by atoms with Gasteiger partial charge in [0.1, 0.15) is 16.9 Å². The zero-order valence-electron chi connectivity index (χ0n) is 11.7. The van der Waals surface area contributed by atoms with Crippen LogP contribution in [0, 0.1) is 10.1 Å². The van der Waals surface area contributed by atoms with Crippen molar-refractivity contribution in [2.45, 2.75) is 25.8 Å². The molecule has 1 aromatic heterocycles. The number of likely N-dealkylation sites (tertiary alicyclic amines) is 1. The molecular formula is C13H17ClN4O3. The molecule has 1 aliphatic heterocycles. The first kappa shape index (κ1) is 15.7. The number of amides is 1. The van der Waals surface area contributed by atoms with Gasteiger partial charge < -0.3 is 10.2 Å². The van der Waals surface area contributed by atoms with Gasteiger partial charge in [-0.15, -0.1) is 0 Å². The first-order chi connectivity index (χ1) is 10.0. The Labute approximate surface area is 127 Å². The summed E-state index contributed by atoms with van der Waals surface area (Å²) in [5.41, 5.74) is -0.374. The summed E-state index contributed by atoms with van der Waals surface area (Å²) < 4.78 is 0. The average Bonchev–Trinajstić information content (AvgIpc) is 2.47. The van der Waals surface area contributed by atoms with Crippen LogP contribution in [-0.4, -0.2) is 46.4 Å². The summed E-state index contributed by atoms with van der Waals surface area (Å²) in [6.45, 7) is 4.93. The van der Waals surface area contributed by atoms with Gasteiger partial charge in [-0.3, -0.25) is 14.9 Å². The first-order valence-corrected chi connectivity index (χ1v) is 7.22. The number of hydrogen-bond acceptors (Lipinski definition) is 5. The number of nitrogens with one attached hydrogen (secondary N) is 1. The Hall–Kier alpha value is -1.73. The largest absolute Gasteiger partial charge is 0.349 e. The summed E-state index contributed by atoms with van der Waals surface area (Å²) in [5, 5.41) is 13.9. The van der Waals surface area contributed by atoms with E-state index in [1.165, 1.54) is 6.07 Å². The van der Waals surface area contributed by atoms with Crippen molar-refractivity contribution >= 4 is 23.2 Å². The standard InChI is InChI=1S/C13H17ClN4O3/c1-2-17-5-3-9(4-6-17)16-13(19)10-7-12(14)15-8-11(10)18(20)21/h7-9H,2-6H2,1H3,(H,16,19). The average molecular weight is 313 g/mol. The molecule has 1 aromatic rings. The number of carbonyl (C=O) groups excluding carboxylic acids is 1. The molecule has 0 spiro atoms. The summed E-state index contributed by atoms with van der Waals surface area (Å²) >= 11 is 5.73. The highest BCUT2D eigenvalue weighted by Crippen LogP contribution is 2.21. The van der Waals surface area contributed by atoms with E-state index in [9.17, 15) is 14.9 Å². The maximum Gasteiger partial charge on any atom is 0.300 e. The fraction of sp³-hybridized carbons (Fsp3) is 0.538. The number of halogens is 1. The molecule has 114 valence electrons. The molecule has 0 bridgehead atoms. The van der Waals surface area contributed by atoms with Crippen molar-refractivity contribution in [3.8, 4) is 0 Å². The van der Waals surface area contributed by atoms with E-state index in [-0.39, 0.29) is 22.4 Å². The SMILES string of the molecule is CCN1CCC(NC(=O)c2cc(Cl)ncc2[N+](=O)[O-])CC1. The predicted octanol–water partition coefficient (Wildman–Crippen LogP) is 1.86. The van der Waals surface area contributed by atoms with Crippen molar-refractivity contribution in [1.29, 1.82) is 0 Å². The molecule has 1 amide bonds. The number of piperidine rings is 1. The molecule has 2 rings (SSSR count). The smallest absolute Gasteiger partial charge is 0.300 e. The van der Waals surface area contributed by atoms with Gasteiger partial charge in [0.25, 0.3) is 11.6 Å². The summed E-state index contributed by atoms with van der Waals surface area (Å²) in [6, 6.07) is 1.27. The van der Waals surface area contributed by atoms with Crippen molar-refractivity contribution in [2.24, 2.45) is 0 Å². The van der Waals surface area contributed by atoms with E-state index in [1.807, 2.05) is 0 Å². The van der Waals surface area contributed by atoms with Crippen LogP contribution >= 0.6 is 11.6 Å². The molecule has 2 heterocycles. The lowest BCUT2D eigenvalue weighted by Gasteiger charge is -2.31. The maximum absolute atomic E-state index is 12.2. The lowest BCUT2D eigenvalue weighted by molar-refractivity contribution is -0.385. The minimum Gasteiger partial charge on any atom is -0.349 e. The van der Waals surface area contributed by atoms with Crippen LogP contribution in [0.25, 0.3) is 0 Å². The highest BCUT2D eigenvalue weighted by molar-refractivity contribution is 6.29. The molecule has 7 nitrogen and oxygen atoms in total. The topological polar surface area (TPSA) is 88.4 Å². The Morgan fingerprint density at radius 3 is 2.81 bits per heavy atom. The number of carbonyl (C=O) groups is 1. The molecule has 0 saturated carbocycles. The molecule has 21 heavy (non-hydrogen) atoms. The number of nitro groups is 1. The van der Waals surface area contributed by atoms with E-state index in [0.717, 1.165) is 38.7 Å². The predicted molar refractivity (Wildman–Crippen MR) is 78.5 cm³/mol. The number of hydrogen-bond donors (Lipinski definition) is 1. The summed E-state index contributed by atoms with van der Waals surface area (Å²) in [7, 11) is 0. The van der Waals surface area contributed by atoms with E-state index in [0.29, 0.717) is 0 Å². The van der Waals surface area contributed by atoms with Gasteiger partial charge in [-0.2, -0.15) is 0 Å². The minimum absolute atomic E-state index is 0.0341. The minimum atomic E-state index is -0.627. The van der Waals surface area contributed by atoms with Crippen LogP contribution in [0.2, 0.25) is 5.15 Å². The number of rotatable bonds is 4. The van der Waals surface area contributed by atoms with Crippen LogP contribution in [-0.2, 0) is 0 Å². The summed E-state index contributed by atoms with van der Waals surface area (Å²) in [4.78, 5) is 28.5. The van der Waals surface area contributed by atoms with Crippen LogP contribution in [0.3, 0.4) is 0 Å². The quantitative estimate of drug-likeness (QED) is 0.521. The van der Waals surface area contributed by atoms with E-state index in [1.54, 1.807) is 0 Å². The van der Waals surface area contributed by atoms with Crippen LogP contribution in [0.1, 0.15) is 30.1 Å². The lowest BCUT2D eigenvalue weighted by atomic mass is 10.0. The molecule has 1 fully saturated rings. The molecule has 0 aliphatic carbocycles. The van der Waals surface area contributed by atoms with Gasteiger partial charge >= 0.3 is 0 Å². The third-order valence-electron chi connectivity index (χ3n) is 3.66. The number of pyridine rings is 1. The summed E-state index contributed by atoms with van der Waals surface area (Å²) in [6.07, 6.45) is 2.69. The maximum atomic E-state index is 12.2. The second-order valence-corrected chi connectivity index (χ2v) is 5.35. The van der Waals surface area contributed by atoms with Crippen molar-refractivity contribution < 1.29 is 9.72 Å². The van der Waals surface area contributed by atoms with Crippen LogP contribution in [0.5, 0.6) is 0 Å². The normalized spacial score (nSPS) is 16.7. The molecule has 0 unspecified atom stereocenters. The molecule has 8 heteroatoms. The summed E-state index contributed by atoms with van der Waals surface area (Å²) in [5.74, 6) is -0.471. The zero-order chi connectivity index (χ0) is 15.4. The number of nitrogens with zero attached hydrogens (tertiary/aromatic N) is 3. The van der Waals surface area contributed by atoms with Gasteiger partial charge in [0, 0.05) is 19.1 Å². The second kappa shape index (κ2) is 6.82. The molecule has 1 N–H and O–H groups in total. The van der Waals surface area contributed by atoms with E-state index < -0.39 is 10.8 Å². The second-order valence-electron chi connectivity index (χ2n) is 4.96. The Morgan fingerprint density at radius 2 is 2.24 bits per heavy atom. The van der Waals surface area contributed by atoms with E-state index >= 15 is 0 Å². The Morgan fingerprint density at radius 1 is 1.57 bits per heavy atom. The zero-order valence-corrected chi connectivity index (χ0v) is 12.5. The number of aromatic nitrogens is 1. The van der Waals surface area contributed by atoms with Crippen LogP contribution < -0.4 is 5.32 Å². The van der Waals surface area contributed by atoms with Crippen molar-refractivity contribution in [3.63, 3.8) is 0 Å². The van der Waals surface area contributed by atoms with Gasteiger partial charge in [0.15, 0.2) is 0 Å². The fourth-order valence-corrected chi connectivity index (χ4v) is 2.56. The van der Waals surface area contributed by atoms with Crippen LogP contribution in [0.4, 0.5) is 5.69 Å². The third kappa shape index (κ3) is 3.89. The molecule has 1 aliphatic rings. The van der Waals surface area contributed by atoms with Crippen molar-refractivity contribution in [3.05, 3.63) is 33.1 Å². The molecule has 1 saturated heterocycles.